The quantitative estimate of drug-likeness (QED) is 0.838. The maximum atomic E-state index is 6.25. The summed E-state index contributed by atoms with van der Waals surface area (Å²) in [4.78, 5) is 2.94. The van der Waals surface area contributed by atoms with Gasteiger partial charge in [-0.25, -0.2) is 0 Å². The number of hydrogen-bond donors (Lipinski definition) is 1. The summed E-state index contributed by atoms with van der Waals surface area (Å²) < 4.78 is 0. The number of nitrogens with zero attached hydrogens (tertiary/aromatic N) is 1. The third-order valence-electron chi connectivity index (χ3n) is 7.60. The van der Waals surface area contributed by atoms with Crippen molar-refractivity contribution in [2.45, 2.75) is 82.3 Å². The van der Waals surface area contributed by atoms with Gasteiger partial charge in [0.2, 0.25) is 0 Å². The first-order valence-corrected chi connectivity index (χ1v) is 9.20. The molecule has 0 spiro atoms. The fourth-order valence-corrected chi connectivity index (χ4v) is 7.45. The SMILES string of the molecule is NC1CC2CCC(C1)N2CC12CC3CC(CC(C3)C1)C2. The number of rotatable bonds is 2. The van der Waals surface area contributed by atoms with E-state index in [0.717, 1.165) is 35.3 Å². The smallest absolute Gasteiger partial charge is 0.0114 e. The van der Waals surface area contributed by atoms with Crippen LogP contribution in [0.15, 0.2) is 0 Å². The topological polar surface area (TPSA) is 29.3 Å². The molecular weight excluding hydrogens is 244 g/mol. The molecule has 0 amide bonds. The molecule has 2 N–H and O–H groups in total. The molecule has 2 atom stereocenters. The van der Waals surface area contributed by atoms with Crippen LogP contribution in [0.5, 0.6) is 0 Å². The van der Waals surface area contributed by atoms with Crippen LogP contribution in [0.25, 0.3) is 0 Å². The number of hydrogen-bond acceptors (Lipinski definition) is 2. The predicted octanol–water partition coefficient (Wildman–Crippen LogP) is 3.16. The molecule has 2 unspecified atom stereocenters. The number of nitrogens with two attached hydrogens (primary N) is 1. The molecule has 6 bridgehead atoms. The second-order valence-electron chi connectivity index (χ2n) is 9.21. The molecule has 20 heavy (non-hydrogen) atoms. The normalized spacial score (nSPS) is 57.5. The van der Waals surface area contributed by atoms with E-state index in [4.69, 9.17) is 5.73 Å². The Hall–Kier alpha value is -0.0800. The van der Waals surface area contributed by atoms with Crippen molar-refractivity contribution in [2.24, 2.45) is 28.9 Å². The molecule has 0 aromatic rings. The minimum absolute atomic E-state index is 0.500. The first-order valence-electron chi connectivity index (χ1n) is 9.20. The van der Waals surface area contributed by atoms with Gasteiger partial charge in [0.05, 0.1) is 0 Å². The molecule has 4 aliphatic carbocycles. The van der Waals surface area contributed by atoms with E-state index in [1.807, 2.05) is 0 Å². The van der Waals surface area contributed by atoms with E-state index in [2.05, 4.69) is 4.90 Å². The lowest BCUT2D eigenvalue weighted by atomic mass is 9.49. The molecular formula is C18H30N2. The third-order valence-corrected chi connectivity index (χ3v) is 7.60. The summed E-state index contributed by atoms with van der Waals surface area (Å²) in [7, 11) is 0. The Bertz CT molecular complexity index is 355. The van der Waals surface area contributed by atoms with Crippen LogP contribution >= 0.6 is 0 Å². The van der Waals surface area contributed by atoms with E-state index < -0.39 is 0 Å². The van der Waals surface area contributed by atoms with E-state index >= 15 is 0 Å². The number of fused-ring (bicyclic) bond motifs is 2. The van der Waals surface area contributed by atoms with Gasteiger partial charge in [-0.15, -0.1) is 0 Å². The Kier molecular flexibility index (Phi) is 2.63. The fourth-order valence-electron chi connectivity index (χ4n) is 7.45. The molecule has 2 heteroatoms. The third kappa shape index (κ3) is 1.83. The average molecular weight is 274 g/mol. The molecule has 0 aromatic heterocycles. The first-order chi connectivity index (χ1) is 9.69. The molecule has 0 radical (unpaired) electrons. The predicted molar refractivity (Wildman–Crippen MR) is 81.3 cm³/mol. The summed E-state index contributed by atoms with van der Waals surface area (Å²) in [6, 6.07) is 2.19. The van der Waals surface area contributed by atoms with Crippen LogP contribution < -0.4 is 5.73 Å². The molecule has 2 saturated heterocycles. The summed E-state index contributed by atoms with van der Waals surface area (Å²) in [6.45, 7) is 1.44. The molecule has 112 valence electrons. The summed E-state index contributed by atoms with van der Waals surface area (Å²) >= 11 is 0. The molecule has 4 saturated carbocycles. The first kappa shape index (κ1) is 12.5. The van der Waals surface area contributed by atoms with Gasteiger partial charge in [-0.3, -0.25) is 4.90 Å². The highest BCUT2D eigenvalue weighted by atomic mass is 15.2. The standard InChI is InChI=1S/C18H30N2/c19-15-6-16-1-2-17(7-15)20(16)11-18-8-12-3-13(9-18)5-14(4-12)10-18/h12-17H,1-11,19H2. The highest BCUT2D eigenvalue weighted by Gasteiger charge is 2.53. The maximum absolute atomic E-state index is 6.25. The largest absolute Gasteiger partial charge is 0.328 e. The second-order valence-corrected chi connectivity index (χ2v) is 9.21. The van der Waals surface area contributed by atoms with Crippen LogP contribution in [0.1, 0.15) is 64.2 Å². The van der Waals surface area contributed by atoms with Crippen LogP contribution in [0.2, 0.25) is 0 Å². The van der Waals surface area contributed by atoms with Crippen LogP contribution in [0, 0.1) is 23.2 Å². The molecule has 6 rings (SSSR count). The van der Waals surface area contributed by atoms with Gasteiger partial charge >= 0.3 is 0 Å². The summed E-state index contributed by atoms with van der Waals surface area (Å²) in [5.74, 6) is 3.31. The van der Waals surface area contributed by atoms with Gasteiger partial charge in [-0.05, 0) is 87.4 Å². The van der Waals surface area contributed by atoms with Gasteiger partial charge in [-0.1, -0.05) is 0 Å². The summed E-state index contributed by atoms with van der Waals surface area (Å²) in [5.41, 5.74) is 6.99. The Morgan fingerprint density at radius 3 is 1.80 bits per heavy atom. The fraction of sp³-hybridized carbons (Fsp3) is 1.00. The molecule has 2 heterocycles. The van der Waals surface area contributed by atoms with Gasteiger partial charge in [-0.2, -0.15) is 0 Å². The molecule has 0 aromatic carbocycles. The monoisotopic (exact) mass is 274 g/mol. The van der Waals surface area contributed by atoms with Crippen molar-refractivity contribution < 1.29 is 0 Å². The summed E-state index contributed by atoms with van der Waals surface area (Å²) in [5, 5.41) is 0. The highest BCUT2D eigenvalue weighted by molar-refractivity contribution is 5.05. The van der Waals surface area contributed by atoms with Crippen LogP contribution in [0.4, 0.5) is 0 Å². The van der Waals surface area contributed by atoms with Crippen molar-refractivity contribution in [3.8, 4) is 0 Å². The van der Waals surface area contributed by atoms with E-state index in [0.29, 0.717) is 6.04 Å². The van der Waals surface area contributed by atoms with Gasteiger partial charge in [0.15, 0.2) is 0 Å². The van der Waals surface area contributed by atoms with Crippen molar-refractivity contribution in [1.29, 1.82) is 0 Å². The minimum atomic E-state index is 0.500. The van der Waals surface area contributed by atoms with Crippen molar-refractivity contribution in [3.05, 3.63) is 0 Å². The van der Waals surface area contributed by atoms with E-state index in [9.17, 15) is 0 Å². The van der Waals surface area contributed by atoms with Crippen molar-refractivity contribution in [1.82, 2.24) is 4.90 Å². The minimum Gasteiger partial charge on any atom is -0.328 e. The van der Waals surface area contributed by atoms with Crippen LogP contribution in [-0.4, -0.2) is 29.6 Å². The second kappa shape index (κ2) is 4.23. The van der Waals surface area contributed by atoms with Gasteiger partial charge in [0.1, 0.15) is 0 Å². The van der Waals surface area contributed by atoms with E-state index in [1.54, 1.807) is 38.5 Å². The van der Waals surface area contributed by atoms with Gasteiger partial charge in [0.25, 0.3) is 0 Å². The Morgan fingerprint density at radius 1 is 0.800 bits per heavy atom. The molecule has 6 aliphatic rings. The maximum Gasteiger partial charge on any atom is 0.0114 e. The van der Waals surface area contributed by atoms with Gasteiger partial charge in [0, 0.05) is 24.7 Å². The lowest BCUT2D eigenvalue weighted by Gasteiger charge is -2.59. The Labute approximate surface area is 123 Å². The lowest BCUT2D eigenvalue weighted by Crippen LogP contribution is -2.56. The lowest BCUT2D eigenvalue weighted by molar-refractivity contribution is -0.0800. The van der Waals surface area contributed by atoms with Crippen LogP contribution in [0.3, 0.4) is 0 Å². The van der Waals surface area contributed by atoms with Gasteiger partial charge < -0.3 is 5.73 Å². The van der Waals surface area contributed by atoms with Crippen molar-refractivity contribution in [3.63, 3.8) is 0 Å². The summed E-state index contributed by atoms with van der Waals surface area (Å²) in [6.07, 6.45) is 14.9. The zero-order valence-electron chi connectivity index (χ0n) is 12.8. The average Bonchev–Trinajstić information content (AvgIpc) is 2.61. The number of piperidine rings is 1. The van der Waals surface area contributed by atoms with E-state index in [1.165, 1.54) is 32.2 Å². The van der Waals surface area contributed by atoms with Crippen molar-refractivity contribution in [2.75, 3.05) is 6.54 Å². The molecule has 6 fully saturated rings. The zero-order valence-corrected chi connectivity index (χ0v) is 12.8. The highest BCUT2D eigenvalue weighted by Crippen LogP contribution is 2.60. The van der Waals surface area contributed by atoms with E-state index in [-0.39, 0.29) is 0 Å². The Morgan fingerprint density at radius 2 is 1.30 bits per heavy atom. The molecule has 2 aliphatic heterocycles. The van der Waals surface area contributed by atoms with Crippen LogP contribution in [-0.2, 0) is 0 Å². The van der Waals surface area contributed by atoms with Crippen molar-refractivity contribution >= 4 is 0 Å². The molecule has 2 nitrogen and oxygen atoms in total. The Balaban J connectivity index is 1.37. The zero-order chi connectivity index (χ0) is 13.3.